The Hall–Kier alpha value is -2.60. The van der Waals surface area contributed by atoms with Crippen LogP contribution in [0.2, 0.25) is 10.0 Å². The number of hydrogen-bond donors (Lipinski definition) is 1. The van der Waals surface area contributed by atoms with E-state index in [-0.39, 0.29) is 16.0 Å². The number of halogens is 2. The van der Waals surface area contributed by atoms with Crippen molar-refractivity contribution in [2.24, 2.45) is 0 Å². The van der Waals surface area contributed by atoms with Crippen LogP contribution in [-0.4, -0.2) is 18.0 Å². The molecule has 0 aliphatic rings. The number of anilines is 1. The number of nitrogens with zero attached hydrogens (tertiary/aromatic N) is 1. The SMILES string of the molecule is COc1c(Cl)cc(C(=O)Nc2ccc(-c3nc4ccccc4s3)cc2)cc1Cl. The van der Waals surface area contributed by atoms with Gasteiger partial charge in [0.2, 0.25) is 0 Å². The first-order chi connectivity index (χ1) is 13.5. The van der Waals surface area contributed by atoms with Crippen molar-refractivity contribution in [2.45, 2.75) is 0 Å². The van der Waals surface area contributed by atoms with E-state index in [4.69, 9.17) is 27.9 Å². The highest BCUT2D eigenvalue weighted by atomic mass is 35.5. The molecular formula is C21H14Cl2N2O2S. The molecule has 0 bridgehead atoms. The van der Waals surface area contributed by atoms with Crippen molar-refractivity contribution in [3.63, 3.8) is 0 Å². The summed E-state index contributed by atoms with van der Waals surface area (Å²) < 4.78 is 6.25. The summed E-state index contributed by atoms with van der Waals surface area (Å²) >= 11 is 13.9. The van der Waals surface area contributed by atoms with Crippen LogP contribution in [0.3, 0.4) is 0 Å². The molecule has 0 aliphatic carbocycles. The molecule has 4 aromatic rings. The number of methoxy groups -OCH3 is 1. The van der Waals surface area contributed by atoms with Crippen LogP contribution >= 0.6 is 34.5 Å². The molecule has 4 rings (SSSR count). The van der Waals surface area contributed by atoms with Crippen molar-refractivity contribution < 1.29 is 9.53 Å². The van der Waals surface area contributed by atoms with E-state index in [0.717, 1.165) is 20.8 Å². The van der Waals surface area contributed by atoms with Crippen LogP contribution in [0.4, 0.5) is 5.69 Å². The second-order valence-corrected chi connectivity index (χ2v) is 7.84. The maximum atomic E-state index is 12.5. The molecule has 0 saturated heterocycles. The molecule has 0 saturated carbocycles. The number of benzene rings is 3. The van der Waals surface area contributed by atoms with Gasteiger partial charge in [0.05, 0.1) is 27.4 Å². The van der Waals surface area contributed by atoms with Gasteiger partial charge >= 0.3 is 0 Å². The summed E-state index contributed by atoms with van der Waals surface area (Å²) in [4.78, 5) is 17.2. The zero-order chi connectivity index (χ0) is 19.7. The maximum Gasteiger partial charge on any atom is 0.255 e. The number of ether oxygens (including phenoxy) is 1. The molecule has 4 nitrogen and oxygen atoms in total. The average molecular weight is 429 g/mol. The van der Waals surface area contributed by atoms with Crippen LogP contribution in [0.15, 0.2) is 60.7 Å². The molecule has 140 valence electrons. The highest BCUT2D eigenvalue weighted by Gasteiger charge is 2.14. The first-order valence-corrected chi connectivity index (χ1v) is 9.93. The lowest BCUT2D eigenvalue weighted by Crippen LogP contribution is -2.12. The minimum absolute atomic E-state index is 0.284. The fourth-order valence-electron chi connectivity index (χ4n) is 2.78. The van der Waals surface area contributed by atoms with Crippen molar-refractivity contribution in [3.8, 4) is 16.3 Å². The van der Waals surface area contributed by atoms with Crippen molar-refractivity contribution in [2.75, 3.05) is 12.4 Å². The quantitative estimate of drug-likeness (QED) is 0.401. The van der Waals surface area contributed by atoms with Crippen LogP contribution in [0.1, 0.15) is 10.4 Å². The molecule has 3 aromatic carbocycles. The molecule has 1 aromatic heterocycles. The number of fused-ring (bicyclic) bond motifs is 1. The first-order valence-electron chi connectivity index (χ1n) is 8.35. The largest absolute Gasteiger partial charge is 0.494 e. The summed E-state index contributed by atoms with van der Waals surface area (Å²) in [5, 5.41) is 4.35. The van der Waals surface area contributed by atoms with Crippen LogP contribution in [0.25, 0.3) is 20.8 Å². The van der Waals surface area contributed by atoms with E-state index in [1.165, 1.54) is 19.2 Å². The van der Waals surface area contributed by atoms with Gasteiger partial charge < -0.3 is 10.1 Å². The Kier molecular flexibility index (Phi) is 5.22. The second-order valence-electron chi connectivity index (χ2n) is 5.99. The summed E-state index contributed by atoms with van der Waals surface area (Å²) in [6.45, 7) is 0. The van der Waals surface area contributed by atoms with Gasteiger partial charge in [-0.15, -0.1) is 11.3 Å². The Labute approximate surface area is 175 Å². The van der Waals surface area contributed by atoms with Crippen LogP contribution < -0.4 is 10.1 Å². The summed E-state index contributed by atoms with van der Waals surface area (Å²) in [5.74, 6) is 0.0410. The first kappa shape index (κ1) is 18.7. The third-order valence-electron chi connectivity index (χ3n) is 4.15. The van der Waals surface area contributed by atoms with E-state index in [9.17, 15) is 4.79 Å². The fraction of sp³-hybridized carbons (Fsp3) is 0.0476. The smallest absolute Gasteiger partial charge is 0.255 e. The van der Waals surface area contributed by atoms with E-state index in [1.54, 1.807) is 11.3 Å². The van der Waals surface area contributed by atoms with E-state index < -0.39 is 0 Å². The number of thiazole rings is 1. The standard InChI is InChI=1S/C21H14Cl2N2O2S/c1-27-19-15(22)10-13(11-16(19)23)20(26)24-14-8-6-12(7-9-14)21-25-17-4-2-3-5-18(17)28-21/h2-11H,1H3,(H,24,26). The van der Waals surface area contributed by atoms with Crippen molar-refractivity contribution >= 4 is 56.3 Å². The minimum atomic E-state index is -0.306. The van der Waals surface area contributed by atoms with Gasteiger partial charge in [0.1, 0.15) is 5.01 Å². The Morgan fingerprint density at radius 3 is 2.36 bits per heavy atom. The third-order valence-corrected chi connectivity index (χ3v) is 5.80. The molecule has 1 amide bonds. The average Bonchev–Trinajstić information content (AvgIpc) is 3.12. The van der Waals surface area contributed by atoms with Crippen LogP contribution in [0, 0.1) is 0 Å². The van der Waals surface area contributed by atoms with Gasteiger partial charge in [-0.1, -0.05) is 35.3 Å². The van der Waals surface area contributed by atoms with Gasteiger partial charge in [-0.3, -0.25) is 4.79 Å². The summed E-state index contributed by atoms with van der Waals surface area (Å²) in [6, 6.07) is 18.6. The van der Waals surface area contributed by atoms with Crippen LogP contribution in [0.5, 0.6) is 5.75 Å². The number of hydrogen-bond acceptors (Lipinski definition) is 4. The lowest BCUT2D eigenvalue weighted by atomic mass is 10.1. The number of carbonyl (C=O) groups excluding carboxylic acids is 1. The highest BCUT2D eigenvalue weighted by Crippen LogP contribution is 2.34. The lowest BCUT2D eigenvalue weighted by Gasteiger charge is -2.10. The van der Waals surface area contributed by atoms with Crippen LogP contribution in [-0.2, 0) is 0 Å². The second kappa shape index (κ2) is 7.80. The van der Waals surface area contributed by atoms with Gasteiger partial charge in [-0.05, 0) is 48.5 Å². The fourth-order valence-corrected chi connectivity index (χ4v) is 4.39. The number of nitrogens with one attached hydrogen (secondary N) is 1. The summed E-state index contributed by atoms with van der Waals surface area (Å²) in [7, 11) is 1.47. The molecule has 28 heavy (non-hydrogen) atoms. The molecular weight excluding hydrogens is 415 g/mol. The number of para-hydroxylation sites is 1. The topological polar surface area (TPSA) is 51.2 Å². The van der Waals surface area contributed by atoms with Gasteiger partial charge in [0.25, 0.3) is 5.91 Å². The Morgan fingerprint density at radius 1 is 1.04 bits per heavy atom. The predicted molar refractivity (Wildman–Crippen MR) is 116 cm³/mol. The van der Waals surface area contributed by atoms with E-state index in [1.807, 2.05) is 42.5 Å². The number of rotatable bonds is 4. The third kappa shape index (κ3) is 3.69. The lowest BCUT2D eigenvalue weighted by molar-refractivity contribution is 0.102. The molecule has 0 fully saturated rings. The Balaban J connectivity index is 1.53. The van der Waals surface area contributed by atoms with Crippen molar-refractivity contribution in [3.05, 3.63) is 76.3 Å². The molecule has 0 atom stereocenters. The van der Waals surface area contributed by atoms with Gasteiger partial charge in [0.15, 0.2) is 5.75 Å². The normalized spacial score (nSPS) is 10.8. The van der Waals surface area contributed by atoms with Gasteiger partial charge in [-0.25, -0.2) is 4.98 Å². The van der Waals surface area contributed by atoms with E-state index >= 15 is 0 Å². The predicted octanol–water partition coefficient (Wildman–Crippen LogP) is 6.53. The number of aromatic nitrogens is 1. The monoisotopic (exact) mass is 428 g/mol. The Bertz CT molecular complexity index is 1120. The molecule has 0 unspecified atom stereocenters. The number of amides is 1. The Morgan fingerprint density at radius 2 is 1.71 bits per heavy atom. The summed E-state index contributed by atoms with van der Waals surface area (Å²) in [5.41, 5.74) is 2.99. The zero-order valence-corrected chi connectivity index (χ0v) is 17.0. The van der Waals surface area contributed by atoms with Gasteiger partial charge in [-0.2, -0.15) is 0 Å². The van der Waals surface area contributed by atoms with E-state index in [2.05, 4.69) is 16.4 Å². The molecule has 0 spiro atoms. The zero-order valence-electron chi connectivity index (χ0n) is 14.7. The van der Waals surface area contributed by atoms with Crippen molar-refractivity contribution in [1.29, 1.82) is 0 Å². The molecule has 1 heterocycles. The highest BCUT2D eigenvalue weighted by molar-refractivity contribution is 7.21. The number of carbonyl (C=O) groups is 1. The van der Waals surface area contributed by atoms with Crippen molar-refractivity contribution in [1.82, 2.24) is 4.98 Å². The van der Waals surface area contributed by atoms with Gasteiger partial charge in [0, 0.05) is 16.8 Å². The summed E-state index contributed by atoms with van der Waals surface area (Å²) in [6.07, 6.45) is 0. The molecule has 7 heteroatoms. The minimum Gasteiger partial charge on any atom is -0.494 e. The molecule has 0 aliphatic heterocycles. The maximum absolute atomic E-state index is 12.5. The molecule has 1 N–H and O–H groups in total. The van der Waals surface area contributed by atoms with E-state index in [0.29, 0.717) is 17.0 Å². The molecule has 0 radical (unpaired) electrons.